The zero-order valence-electron chi connectivity index (χ0n) is 17.1. The third-order valence-electron chi connectivity index (χ3n) is 5.22. The van der Waals surface area contributed by atoms with Crippen molar-refractivity contribution in [1.29, 1.82) is 0 Å². The number of hydrogen-bond acceptors (Lipinski definition) is 4. The largest absolute Gasteiger partial charge is 0.868 e. The molecule has 0 unspecified atom stereocenters. The molecule has 1 aliphatic rings. The van der Waals surface area contributed by atoms with E-state index >= 15 is 0 Å². The van der Waals surface area contributed by atoms with Crippen molar-refractivity contribution in [2.24, 2.45) is 0 Å². The van der Waals surface area contributed by atoms with Crippen molar-refractivity contribution in [1.82, 2.24) is 0 Å². The molecule has 164 valence electrons. The lowest BCUT2D eigenvalue weighted by Gasteiger charge is -2.28. The second-order valence-corrected chi connectivity index (χ2v) is 7.34. The Morgan fingerprint density at radius 1 is 0.970 bits per heavy atom. The van der Waals surface area contributed by atoms with Crippen molar-refractivity contribution >= 4 is 29.4 Å². The number of aromatic carboxylic acids is 1. The monoisotopic (exact) mass is 442 g/mol. The molecule has 4 rings (SSSR count). The molecule has 1 N–H and O–H groups in total. The first-order valence-electron chi connectivity index (χ1n) is 9.98. The van der Waals surface area contributed by atoms with Gasteiger partial charge in [0.2, 0.25) is 5.91 Å². The van der Waals surface area contributed by atoms with Gasteiger partial charge in [-0.25, -0.2) is 9.18 Å². The fraction of sp³-hybridized carbons (Fsp3) is 0.0385. The standard InChI is InChI=1S/C26H18FNO5/c27-19-10-4-8-17(14-19)23-22(21(29)13-12-16-6-2-1-3-7-16)24(30)25(31)28(23)20-11-5-9-18(15-20)26(32)33/h1-15,23,30H,(H,32,33)/p-1/b13-12+/t23-/m1/s1. The van der Waals surface area contributed by atoms with E-state index in [1.807, 2.05) is 6.07 Å². The predicted molar refractivity (Wildman–Crippen MR) is 118 cm³/mol. The van der Waals surface area contributed by atoms with E-state index in [1.165, 1.54) is 54.6 Å². The van der Waals surface area contributed by atoms with Crippen LogP contribution in [-0.2, 0) is 9.59 Å². The number of benzene rings is 3. The summed E-state index contributed by atoms with van der Waals surface area (Å²) in [4.78, 5) is 38.5. The molecule has 0 saturated heterocycles. The molecule has 33 heavy (non-hydrogen) atoms. The van der Waals surface area contributed by atoms with Gasteiger partial charge >= 0.3 is 5.97 Å². The molecule has 0 fully saturated rings. The van der Waals surface area contributed by atoms with E-state index in [4.69, 9.17) is 0 Å². The van der Waals surface area contributed by atoms with E-state index in [2.05, 4.69) is 0 Å². The fourth-order valence-electron chi connectivity index (χ4n) is 3.72. The van der Waals surface area contributed by atoms with Gasteiger partial charge in [-0.05, 0) is 53.3 Å². The average Bonchev–Trinajstić information content (AvgIpc) is 3.09. The van der Waals surface area contributed by atoms with E-state index in [0.29, 0.717) is 0 Å². The number of nitrogens with zero attached hydrogens (tertiary/aromatic N) is 1. The Hall–Kier alpha value is -4.52. The molecule has 1 heterocycles. The Morgan fingerprint density at radius 3 is 2.39 bits per heavy atom. The van der Waals surface area contributed by atoms with Gasteiger partial charge in [-0.15, -0.1) is 0 Å². The summed E-state index contributed by atoms with van der Waals surface area (Å²) in [5.74, 6) is -4.53. The number of carboxylic acids is 1. The number of carbonyl (C=O) groups excluding carboxylic acids is 2. The van der Waals surface area contributed by atoms with Gasteiger partial charge in [0.1, 0.15) is 5.82 Å². The Morgan fingerprint density at radius 2 is 1.70 bits per heavy atom. The highest BCUT2D eigenvalue weighted by atomic mass is 19.1. The molecule has 3 aromatic rings. The quantitative estimate of drug-likeness (QED) is 0.589. The number of anilines is 1. The van der Waals surface area contributed by atoms with Crippen LogP contribution >= 0.6 is 0 Å². The molecule has 0 aromatic heterocycles. The van der Waals surface area contributed by atoms with Crippen LogP contribution in [0.4, 0.5) is 10.1 Å². The molecule has 0 bridgehead atoms. The first-order chi connectivity index (χ1) is 15.9. The Bertz CT molecular complexity index is 1310. The Kier molecular flexibility index (Phi) is 5.87. The van der Waals surface area contributed by atoms with Gasteiger partial charge < -0.3 is 10.2 Å². The van der Waals surface area contributed by atoms with Gasteiger partial charge in [0.15, 0.2) is 5.78 Å². The zero-order chi connectivity index (χ0) is 23.5. The molecule has 0 radical (unpaired) electrons. The van der Waals surface area contributed by atoms with Gasteiger partial charge in [0.25, 0.3) is 0 Å². The van der Waals surface area contributed by atoms with Crippen molar-refractivity contribution in [2.45, 2.75) is 6.04 Å². The highest BCUT2D eigenvalue weighted by molar-refractivity contribution is 6.19. The average molecular weight is 442 g/mol. The lowest BCUT2D eigenvalue weighted by atomic mass is 9.95. The molecule has 1 amide bonds. The van der Waals surface area contributed by atoms with Gasteiger partial charge in [0, 0.05) is 11.3 Å². The summed E-state index contributed by atoms with van der Waals surface area (Å²) in [5, 5.41) is 22.3. The zero-order valence-corrected chi connectivity index (χ0v) is 17.1. The number of halogens is 1. The maximum Gasteiger partial charge on any atom is 0.335 e. The lowest BCUT2D eigenvalue weighted by molar-refractivity contribution is -0.298. The molecular weight excluding hydrogens is 425 g/mol. The van der Waals surface area contributed by atoms with E-state index in [1.54, 1.807) is 24.3 Å². The number of allylic oxidation sites excluding steroid dienone is 1. The highest BCUT2D eigenvalue weighted by Crippen LogP contribution is 2.40. The molecule has 0 aliphatic carbocycles. The summed E-state index contributed by atoms with van der Waals surface area (Å²) in [6, 6.07) is 18.4. The van der Waals surface area contributed by atoms with Crippen molar-refractivity contribution in [3.05, 3.63) is 119 Å². The lowest BCUT2D eigenvalue weighted by Crippen LogP contribution is -2.32. The minimum absolute atomic E-state index is 0.102. The van der Waals surface area contributed by atoms with Gasteiger partial charge in [-0.2, -0.15) is 0 Å². The van der Waals surface area contributed by atoms with E-state index in [-0.39, 0.29) is 22.4 Å². The summed E-state index contributed by atoms with van der Waals surface area (Å²) < 4.78 is 14.0. The predicted octanol–water partition coefficient (Wildman–Crippen LogP) is 3.51. The Labute approximate surface area is 188 Å². The number of amides is 1. The van der Waals surface area contributed by atoms with E-state index in [0.717, 1.165) is 16.5 Å². The SMILES string of the molecule is O=C(/C=C/c1ccccc1)C1=C([O-])C(=O)N(c2cccc(C(=O)O)c2)[C@@H]1c1cccc(F)c1. The first kappa shape index (κ1) is 21.7. The number of carboxylic acid groups (broad SMARTS) is 1. The Balaban J connectivity index is 1.82. The summed E-state index contributed by atoms with van der Waals surface area (Å²) >= 11 is 0. The molecular formula is C26H17FNO5-. The topological polar surface area (TPSA) is 97.7 Å². The number of carbonyl (C=O) groups is 3. The first-order valence-corrected chi connectivity index (χ1v) is 9.98. The van der Waals surface area contributed by atoms with Gasteiger partial charge in [-0.3, -0.25) is 14.5 Å². The van der Waals surface area contributed by atoms with Crippen molar-refractivity contribution < 1.29 is 29.0 Å². The van der Waals surface area contributed by atoms with E-state index in [9.17, 15) is 29.0 Å². The molecule has 6 nitrogen and oxygen atoms in total. The summed E-state index contributed by atoms with van der Waals surface area (Å²) in [7, 11) is 0. The highest BCUT2D eigenvalue weighted by Gasteiger charge is 2.39. The van der Waals surface area contributed by atoms with Crippen molar-refractivity contribution in [3.8, 4) is 0 Å². The molecule has 0 saturated carbocycles. The fourth-order valence-corrected chi connectivity index (χ4v) is 3.72. The van der Waals surface area contributed by atoms with Crippen LogP contribution in [0.25, 0.3) is 6.08 Å². The molecule has 1 atom stereocenters. The maximum absolute atomic E-state index is 14.0. The second-order valence-electron chi connectivity index (χ2n) is 7.34. The summed E-state index contributed by atoms with van der Waals surface area (Å²) in [6.07, 6.45) is 2.71. The van der Waals surface area contributed by atoms with E-state index < -0.39 is 35.3 Å². The molecule has 3 aromatic carbocycles. The third-order valence-corrected chi connectivity index (χ3v) is 5.22. The third kappa shape index (κ3) is 4.29. The number of hydrogen-bond donors (Lipinski definition) is 1. The minimum atomic E-state index is -1.22. The van der Waals surface area contributed by atoms with Crippen molar-refractivity contribution in [2.75, 3.05) is 4.90 Å². The van der Waals surface area contributed by atoms with Gasteiger partial charge in [0.05, 0.1) is 11.6 Å². The maximum atomic E-state index is 14.0. The summed E-state index contributed by atoms with van der Waals surface area (Å²) in [6.45, 7) is 0. The minimum Gasteiger partial charge on any atom is -0.868 e. The van der Waals surface area contributed by atoms with Crippen LogP contribution < -0.4 is 10.0 Å². The smallest absolute Gasteiger partial charge is 0.335 e. The van der Waals surface area contributed by atoms with Gasteiger partial charge in [-0.1, -0.05) is 54.6 Å². The van der Waals surface area contributed by atoms with Crippen LogP contribution in [0.15, 0.2) is 96.3 Å². The van der Waals surface area contributed by atoms with Crippen LogP contribution in [0, 0.1) is 5.82 Å². The van der Waals surface area contributed by atoms with Crippen LogP contribution in [0.2, 0.25) is 0 Å². The normalized spacial score (nSPS) is 16.0. The van der Waals surface area contributed by atoms with Crippen LogP contribution in [0.5, 0.6) is 0 Å². The van der Waals surface area contributed by atoms with Crippen LogP contribution in [0.1, 0.15) is 27.5 Å². The molecule has 0 spiro atoms. The molecule has 1 aliphatic heterocycles. The second kappa shape index (κ2) is 8.92. The van der Waals surface area contributed by atoms with Crippen molar-refractivity contribution in [3.63, 3.8) is 0 Å². The summed E-state index contributed by atoms with van der Waals surface area (Å²) in [5.41, 5.74) is 0.605. The molecule has 7 heteroatoms. The van der Waals surface area contributed by atoms with Crippen LogP contribution in [-0.4, -0.2) is 22.8 Å². The number of rotatable bonds is 6. The number of ketones is 1. The van der Waals surface area contributed by atoms with Crippen LogP contribution in [0.3, 0.4) is 0 Å².